The minimum Gasteiger partial charge on any atom is -0.489 e. The molecule has 1 N–H and O–H groups in total. The molecule has 178 valence electrons. The molecule has 0 aliphatic carbocycles. The molecule has 3 aromatic carbocycles. The van der Waals surface area contributed by atoms with Crippen LogP contribution in [0.2, 0.25) is 10.0 Å². The molecule has 1 aliphatic heterocycles. The molecule has 2 amide bonds. The second-order valence-electron chi connectivity index (χ2n) is 8.47. The fourth-order valence-corrected chi connectivity index (χ4v) is 4.87. The maximum absolute atomic E-state index is 13.5. The van der Waals surface area contributed by atoms with Crippen molar-refractivity contribution in [1.82, 2.24) is 9.47 Å². The van der Waals surface area contributed by atoms with Gasteiger partial charge < -0.3 is 19.5 Å². The molecule has 5 rings (SSSR count). The second-order valence-corrected chi connectivity index (χ2v) is 9.32. The van der Waals surface area contributed by atoms with Crippen LogP contribution in [0, 0.1) is 0 Å². The maximum atomic E-state index is 13.5. The summed E-state index contributed by atoms with van der Waals surface area (Å²) in [7, 11) is 0. The van der Waals surface area contributed by atoms with Gasteiger partial charge in [-0.15, -0.1) is 0 Å². The van der Waals surface area contributed by atoms with E-state index in [1.54, 1.807) is 18.2 Å². The van der Waals surface area contributed by atoms with E-state index >= 15 is 0 Å². The van der Waals surface area contributed by atoms with Gasteiger partial charge in [0.15, 0.2) is 0 Å². The summed E-state index contributed by atoms with van der Waals surface area (Å²) >= 11 is 12.3. The summed E-state index contributed by atoms with van der Waals surface area (Å²) in [6.45, 7) is 1.96. The molecule has 1 aromatic heterocycles. The molecule has 35 heavy (non-hydrogen) atoms. The largest absolute Gasteiger partial charge is 0.489 e. The SMILES string of the molecule is O=C(Nc1ccc(Cl)cc1Cl)N1CCCn2cccc2C1c1ccc(OCc2ccccc2)cc1. The number of carbonyl (C=O) groups excluding carboxylic acids is 1. The minimum absolute atomic E-state index is 0.210. The van der Waals surface area contributed by atoms with E-state index in [1.807, 2.05) is 65.6 Å². The van der Waals surface area contributed by atoms with Crippen molar-refractivity contribution < 1.29 is 9.53 Å². The summed E-state index contributed by atoms with van der Waals surface area (Å²) in [4.78, 5) is 15.4. The van der Waals surface area contributed by atoms with Gasteiger partial charge in [-0.05, 0) is 60.0 Å². The standard InChI is InChI=1S/C28H25Cl2N3O2/c29-22-11-14-25(24(30)18-22)31-28(34)33-17-5-16-32-15-4-8-26(32)27(33)21-9-12-23(13-10-21)35-19-20-6-2-1-3-7-20/h1-4,6-15,18,27H,5,16-17,19H2,(H,31,34). The Morgan fingerprint density at radius 1 is 0.943 bits per heavy atom. The molecule has 5 nitrogen and oxygen atoms in total. The second kappa shape index (κ2) is 10.5. The third-order valence-corrected chi connectivity index (χ3v) is 6.68. The molecular formula is C28H25Cl2N3O2. The third-order valence-electron chi connectivity index (χ3n) is 6.13. The number of halogens is 2. The molecule has 0 saturated carbocycles. The monoisotopic (exact) mass is 505 g/mol. The van der Waals surface area contributed by atoms with E-state index in [-0.39, 0.29) is 12.1 Å². The van der Waals surface area contributed by atoms with Gasteiger partial charge in [0.25, 0.3) is 0 Å². The highest BCUT2D eigenvalue weighted by Gasteiger charge is 2.31. The summed E-state index contributed by atoms with van der Waals surface area (Å²) in [6, 6.07) is 26.7. The number of ether oxygens (including phenoxy) is 1. The Kier molecular flexibility index (Phi) is 6.98. The third kappa shape index (κ3) is 5.31. The van der Waals surface area contributed by atoms with Gasteiger partial charge >= 0.3 is 6.03 Å². The van der Waals surface area contributed by atoms with E-state index in [4.69, 9.17) is 27.9 Å². The predicted molar refractivity (Wildman–Crippen MR) is 140 cm³/mol. The lowest BCUT2D eigenvalue weighted by Crippen LogP contribution is -2.38. The van der Waals surface area contributed by atoms with Gasteiger partial charge in [0.1, 0.15) is 12.4 Å². The topological polar surface area (TPSA) is 46.5 Å². The van der Waals surface area contributed by atoms with Crippen molar-refractivity contribution in [2.45, 2.75) is 25.6 Å². The van der Waals surface area contributed by atoms with Gasteiger partial charge in [0.05, 0.1) is 16.8 Å². The van der Waals surface area contributed by atoms with Crippen molar-refractivity contribution in [3.8, 4) is 5.75 Å². The van der Waals surface area contributed by atoms with Crippen molar-refractivity contribution in [1.29, 1.82) is 0 Å². The Bertz CT molecular complexity index is 1310. The number of amides is 2. The quantitative estimate of drug-likeness (QED) is 0.307. The van der Waals surface area contributed by atoms with Gasteiger partial charge in [-0.1, -0.05) is 65.7 Å². The molecule has 0 saturated heterocycles. The van der Waals surface area contributed by atoms with Crippen molar-refractivity contribution in [3.05, 3.63) is 118 Å². The lowest BCUT2D eigenvalue weighted by Gasteiger charge is -2.31. The molecule has 0 radical (unpaired) electrons. The van der Waals surface area contributed by atoms with Crippen LogP contribution in [0.4, 0.5) is 10.5 Å². The average Bonchev–Trinajstić information content (AvgIpc) is 3.25. The highest BCUT2D eigenvalue weighted by molar-refractivity contribution is 6.36. The number of urea groups is 1. The Balaban J connectivity index is 1.40. The maximum Gasteiger partial charge on any atom is 0.322 e. The number of aromatic nitrogens is 1. The fourth-order valence-electron chi connectivity index (χ4n) is 4.41. The Morgan fingerprint density at radius 3 is 2.51 bits per heavy atom. The molecule has 0 spiro atoms. The van der Waals surface area contributed by atoms with Gasteiger partial charge in [-0.3, -0.25) is 0 Å². The first-order valence-corrected chi connectivity index (χ1v) is 12.3. The number of anilines is 1. The number of carbonyl (C=O) groups is 1. The van der Waals surface area contributed by atoms with E-state index in [0.29, 0.717) is 28.9 Å². The Hall–Kier alpha value is -3.41. The van der Waals surface area contributed by atoms with Crippen molar-refractivity contribution >= 4 is 34.9 Å². The summed E-state index contributed by atoms with van der Waals surface area (Å²) in [5.74, 6) is 0.783. The van der Waals surface area contributed by atoms with Crippen LogP contribution in [0.25, 0.3) is 0 Å². The average molecular weight is 506 g/mol. The minimum atomic E-state index is -0.248. The summed E-state index contributed by atoms with van der Waals surface area (Å²) in [5.41, 5.74) is 3.72. The molecule has 4 aromatic rings. The highest BCUT2D eigenvalue weighted by atomic mass is 35.5. The van der Waals surface area contributed by atoms with Crippen LogP contribution in [0.3, 0.4) is 0 Å². The zero-order chi connectivity index (χ0) is 24.2. The number of nitrogens with zero attached hydrogens (tertiary/aromatic N) is 2. The number of nitrogens with one attached hydrogen (secondary N) is 1. The van der Waals surface area contributed by atoms with Crippen LogP contribution in [-0.2, 0) is 13.2 Å². The summed E-state index contributed by atoms with van der Waals surface area (Å²) in [5, 5.41) is 3.89. The number of benzene rings is 3. The van der Waals surface area contributed by atoms with Crippen LogP contribution in [0.1, 0.15) is 29.3 Å². The number of rotatable bonds is 5. The number of hydrogen-bond acceptors (Lipinski definition) is 2. The van der Waals surface area contributed by atoms with Gasteiger partial charge in [-0.2, -0.15) is 0 Å². The number of aryl methyl sites for hydroxylation is 1. The molecule has 2 heterocycles. The number of fused-ring (bicyclic) bond motifs is 1. The normalized spacial score (nSPS) is 15.3. The molecular weight excluding hydrogens is 481 g/mol. The van der Waals surface area contributed by atoms with Crippen LogP contribution in [-0.4, -0.2) is 22.0 Å². The smallest absolute Gasteiger partial charge is 0.322 e. The zero-order valence-corrected chi connectivity index (χ0v) is 20.5. The molecule has 1 unspecified atom stereocenters. The van der Waals surface area contributed by atoms with Crippen molar-refractivity contribution in [2.24, 2.45) is 0 Å². The van der Waals surface area contributed by atoms with Gasteiger partial charge in [-0.25, -0.2) is 4.79 Å². The van der Waals surface area contributed by atoms with Crippen LogP contribution in [0.5, 0.6) is 5.75 Å². The van der Waals surface area contributed by atoms with Crippen LogP contribution >= 0.6 is 23.2 Å². The molecule has 1 atom stereocenters. The van der Waals surface area contributed by atoms with Crippen molar-refractivity contribution in [2.75, 3.05) is 11.9 Å². The van der Waals surface area contributed by atoms with E-state index in [1.165, 1.54) is 0 Å². The van der Waals surface area contributed by atoms with E-state index in [9.17, 15) is 4.79 Å². The Morgan fingerprint density at radius 2 is 1.74 bits per heavy atom. The lowest BCUT2D eigenvalue weighted by atomic mass is 10.0. The zero-order valence-electron chi connectivity index (χ0n) is 19.0. The van der Waals surface area contributed by atoms with E-state index < -0.39 is 0 Å². The summed E-state index contributed by atoms with van der Waals surface area (Å²) < 4.78 is 8.18. The lowest BCUT2D eigenvalue weighted by molar-refractivity contribution is 0.199. The first-order chi connectivity index (χ1) is 17.1. The van der Waals surface area contributed by atoms with E-state index in [0.717, 1.165) is 35.5 Å². The fraction of sp³-hybridized carbons (Fsp3) is 0.179. The van der Waals surface area contributed by atoms with Crippen LogP contribution in [0.15, 0.2) is 91.1 Å². The summed E-state index contributed by atoms with van der Waals surface area (Å²) in [6.07, 6.45) is 2.91. The molecule has 1 aliphatic rings. The Labute approximate surface area is 214 Å². The first-order valence-electron chi connectivity index (χ1n) is 11.5. The van der Waals surface area contributed by atoms with Gasteiger partial charge in [0, 0.05) is 30.0 Å². The molecule has 7 heteroatoms. The predicted octanol–water partition coefficient (Wildman–Crippen LogP) is 7.40. The van der Waals surface area contributed by atoms with Crippen LogP contribution < -0.4 is 10.1 Å². The van der Waals surface area contributed by atoms with Crippen molar-refractivity contribution in [3.63, 3.8) is 0 Å². The highest BCUT2D eigenvalue weighted by Crippen LogP contribution is 2.34. The first kappa shape index (κ1) is 23.3. The number of hydrogen-bond donors (Lipinski definition) is 1. The van der Waals surface area contributed by atoms with Gasteiger partial charge in [0.2, 0.25) is 0 Å². The van der Waals surface area contributed by atoms with E-state index in [2.05, 4.69) is 22.1 Å². The molecule has 0 fully saturated rings. The molecule has 0 bridgehead atoms.